The molecule has 1 amide bonds. The molecule has 0 bridgehead atoms. The molecule has 2 aromatic carbocycles. The van der Waals surface area contributed by atoms with Gasteiger partial charge in [-0.3, -0.25) is 4.79 Å². The molecule has 3 aromatic rings. The quantitative estimate of drug-likeness (QED) is 0.447. The van der Waals surface area contributed by atoms with Crippen LogP contribution < -0.4 is 9.64 Å². The molecular weight excluding hydrogens is 390 g/mol. The van der Waals surface area contributed by atoms with Gasteiger partial charge in [-0.25, -0.2) is 0 Å². The summed E-state index contributed by atoms with van der Waals surface area (Å²) in [5, 5.41) is 4.13. The second-order valence-corrected chi connectivity index (χ2v) is 8.33. The van der Waals surface area contributed by atoms with Crippen LogP contribution in [0.5, 0.6) is 5.75 Å². The Balaban J connectivity index is 1.43. The normalized spacial score (nSPS) is 16.3. The molecule has 6 heteroatoms. The summed E-state index contributed by atoms with van der Waals surface area (Å²) in [7, 11) is 0. The standard InChI is InChI=1S/C25H29N3O3/c1-4-5-14-30-22-12-8-19(9-13-22)24-26-25(31-27-24)20-15-23(29)28(16-20)21-10-6-18(7-11-21)17(2)3/h6-13,17,20H,4-5,14-16H2,1-3H3. The van der Waals surface area contributed by atoms with Crippen LogP contribution in [0.2, 0.25) is 0 Å². The van der Waals surface area contributed by atoms with E-state index in [1.165, 1.54) is 5.56 Å². The first-order valence-electron chi connectivity index (χ1n) is 11.0. The van der Waals surface area contributed by atoms with Gasteiger partial charge < -0.3 is 14.2 Å². The van der Waals surface area contributed by atoms with Gasteiger partial charge in [-0.15, -0.1) is 0 Å². The molecule has 1 fully saturated rings. The van der Waals surface area contributed by atoms with E-state index in [0.29, 0.717) is 37.2 Å². The molecular formula is C25H29N3O3. The van der Waals surface area contributed by atoms with E-state index in [0.717, 1.165) is 29.8 Å². The monoisotopic (exact) mass is 419 g/mol. The fourth-order valence-electron chi connectivity index (χ4n) is 3.71. The second kappa shape index (κ2) is 9.33. The van der Waals surface area contributed by atoms with Crippen LogP contribution in [-0.2, 0) is 4.79 Å². The zero-order valence-corrected chi connectivity index (χ0v) is 18.4. The van der Waals surface area contributed by atoms with Gasteiger partial charge in [0.25, 0.3) is 0 Å². The largest absolute Gasteiger partial charge is 0.494 e. The highest BCUT2D eigenvalue weighted by Gasteiger charge is 2.35. The third-order valence-corrected chi connectivity index (χ3v) is 5.67. The number of nitrogens with zero attached hydrogens (tertiary/aromatic N) is 3. The van der Waals surface area contributed by atoms with Gasteiger partial charge in [0.2, 0.25) is 17.6 Å². The van der Waals surface area contributed by atoms with Crippen LogP contribution in [-0.4, -0.2) is 29.2 Å². The molecule has 1 aromatic heterocycles. The molecule has 162 valence electrons. The first kappa shape index (κ1) is 21.1. The number of aromatic nitrogens is 2. The molecule has 0 saturated carbocycles. The number of carbonyl (C=O) groups excluding carboxylic acids is 1. The summed E-state index contributed by atoms with van der Waals surface area (Å²) in [6, 6.07) is 15.9. The summed E-state index contributed by atoms with van der Waals surface area (Å²) < 4.78 is 11.2. The number of hydrogen-bond donors (Lipinski definition) is 0. The van der Waals surface area contributed by atoms with Crippen molar-refractivity contribution >= 4 is 11.6 Å². The second-order valence-electron chi connectivity index (χ2n) is 8.33. The van der Waals surface area contributed by atoms with Gasteiger partial charge in [-0.2, -0.15) is 4.98 Å². The molecule has 2 heterocycles. The molecule has 1 aliphatic heterocycles. The lowest BCUT2D eigenvalue weighted by molar-refractivity contribution is -0.117. The number of benzene rings is 2. The average Bonchev–Trinajstić information content (AvgIpc) is 3.41. The van der Waals surface area contributed by atoms with Crippen molar-refractivity contribution in [3.63, 3.8) is 0 Å². The van der Waals surface area contributed by atoms with E-state index in [9.17, 15) is 4.79 Å². The van der Waals surface area contributed by atoms with Crippen molar-refractivity contribution < 1.29 is 14.1 Å². The number of amides is 1. The zero-order chi connectivity index (χ0) is 21.8. The van der Waals surface area contributed by atoms with Crippen LogP contribution in [0.25, 0.3) is 11.4 Å². The van der Waals surface area contributed by atoms with Gasteiger partial charge >= 0.3 is 0 Å². The van der Waals surface area contributed by atoms with Crippen LogP contribution in [0.4, 0.5) is 5.69 Å². The SMILES string of the molecule is CCCCOc1ccc(-c2noc(C3CC(=O)N(c4ccc(C(C)C)cc4)C3)n2)cc1. The summed E-state index contributed by atoms with van der Waals surface area (Å²) in [5.74, 6) is 2.31. The Morgan fingerprint density at radius 1 is 1.13 bits per heavy atom. The van der Waals surface area contributed by atoms with Crippen LogP contribution in [0.1, 0.15) is 63.3 Å². The van der Waals surface area contributed by atoms with E-state index in [1.54, 1.807) is 4.90 Å². The number of carbonyl (C=O) groups is 1. The number of unbranched alkanes of at least 4 members (excludes halogenated alkanes) is 1. The minimum absolute atomic E-state index is 0.0793. The summed E-state index contributed by atoms with van der Waals surface area (Å²) in [5.41, 5.74) is 3.04. The zero-order valence-electron chi connectivity index (χ0n) is 18.4. The molecule has 0 aliphatic carbocycles. The van der Waals surface area contributed by atoms with Crippen LogP contribution in [0.3, 0.4) is 0 Å². The predicted molar refractivity (Wildman–Crippen MR) is 120 cm³/mol. The smallest absolute Gasteiger partial charge is 0.232 e. The van der Waals surface area contributed by atoms with Crippen molar-refractivity contribution in [3.05, 3.63) is 60.0 Å². The number of anilines is 1. The molecule has 0 spiro atoms. The van der Waals surface area contributed by atoms with Crippen molar-refractivity contribution in [1.29, 1.82) is 0 Å². The number of rotatable bonds is 8. The highest BCUT2D eigenvalue weighted by molar-refractivity contribution is 5.96. The highest BCUT2D eigenvalue weighted by atomic mass is 16.5. The molecule has 1 unspecified atom stereocenters. The van der Waals surface area contributed by atoms with Crippen molar-refractivity contribution in [2.75, 3.05) is 18.1 Å². The lowest BCUT2D eigenvalue weighted by atomic mass is 10.0. The topological polar surface area (TPSA) is 68.5 Å². The van der Waals surface area contributed by atoms with Gasteiger partial charge in [0.1, 0.15) is 5.75 Å². The molecule has 4 rings (SSSR count). The maximum Gasteiger partial charge on any atom is 0.232 e. The summed E-state index contributed by atoms with van der Waals surface area (Å²) in [4.78, 5) is 19.0. The first-order chi connectivity index (χ1) is 15.0. The summed E-state index contributed by atoms with van der Waals surface area (Å²) in [6.07, 6.45) is 2.51. The number of ether oxygens (including phenoxy) is 1. The third kappa shape index (κ3) is 4.79. The predicted octanol–water partition coefficient (Wildman–Crippen LogP) is 5.56. The Morgan fingerprint density at radius 3 is 2.55 bits per heavy atom. The lowest BCUT2D eigenvalue weighted by Crippen LogP contribution is -2.24. The van der Waals surface area contributed by atoms with E-state index in [1.807, 2.05) is 36.4 Å². The average molecular weight is 420 g/mol. The molecule has 0 N–H and O–H groups in total. The van der Waals surface area contributed by atoms with Crippen LogP contribution in [0, 0.1) is 0 Å². The third-order valence-electron chi connectivity index (χ3n) is 5.67. The Kier molecular flexibility index (Phi) is 6.35. The van der Waals surface area contributed by atoms with Crippen molar-refractivity contribution in [2.24, 2.45) is 0 Å². The van der Waals surface area contributed by atoms with E-state index in [-0.39, 0.29) is 11.8 Å². The Hall–Kier alpha value is -3.15. The van der Waals surface area contributed by atoms with Crippen LogP contribution in [0.15, 0.2) is 53.1 Å². The molecule has 1 atom stereocenters. The Bertz CT molecular complexity index is 1010. The fourth-order valence-corrected chi connectivity index (χ4v) is 3.71. The van der Waals surface area contributed by atoms with Gasteiger partial charge in [0.05, 0.1) is 12.5 Å². The maximum absolute atomic E-state index is 12.6. The van der Waals surface area contributed by atoms with Gasteiger partial charge in [0, 0.05) is 24.2 Å². The minimum atomic E-state index is -0.102. The fraction of sp³-hybridized carbons (Fsp3) is 0.400. The van der Waals surface area contributed by atoms with Gasteiger partial charge in [0.15, 0.2) is 0 Å². The molecule has 1 aliphatic rings. The molecule has 0 radical (unpaired) electrons. The first-order valence-corrected chi connectivity index (χ1v) is 11.0. The lowest BCUT2D eigenvalue weighted by Gasteiger charge is -2.17. The Labute approximate surface area is 183 Å². The van der Waals surface area contributed by atoms with Crippen molar-refractivity contribution in [1.82, 2.24) is 10.1 Å². The van der Waals surface area contributed by atoms with Crippen LogP contribution >= 0.6 is 0 Å². The van der Waals surface area contributed by atoms with E-state index < -0.39 is 0 Å². The number of hydrogen-bond acceptors (Lipinski definition) is 5. The van der Waals surface area contributed by atoms with Gasteiger partial charge in [-0.1, -0.05) is 44.5 Å². The minimum Gasteiger partial charge on any atom is -0.494 e. The molecule has 6 nitrogen and oxygen atoms in total. The van der Waals surface area contributed by atoms with E-state index >= 15 is 0 Å². The molecule has 1 saturated heterocycles. The highest BCUT2D eigenvalue weighted by Crippen LogP contribution is 2.32. The van der Waals surface area contributed by atoms with Crippen molar-refractivity contribution in [2.45, 2.75) is 51.9 Å². The maximum atomic E-state index is 12.6. The van der Waals surface area contributed by atoms with Gasteiger partial charge in [-0.05, 0) is 54.3 Å². The summed E-state index contributed by atoms with van der Waals surface area (Å²) >= 11 is 0. The molecule has 31 heavy (non-hydrogen) atoms. The van der Waals surface area contributed by atoms with Crippen molar-refractivity contribution in [3.8, 4) is 17.1 Å². The summed E-state index contributed by atoms with van der Waals surface area (Å²) in [6.45, 7) is 7.72. The Morgan fingerprint density at radius 2 is 1.87 bits per heavy atom. The van der Waals surface area contributed by atoms with E-state index in [4.69, 9.17) is 9.26 Å². The van der Waals surface area contributed by atoms with E-state index in [2.05, 4.69) is 43.0 Å².